The predicted octanol–water partition coefficient (Wildman–Crippen LogP) is 4.35. The zero-order valence-electron chi connectivity index (χ0n) is 10.6. The second kappa shape index (κ2) is 4.66. The smallest absolute Gasteiger partial charge is 0.231 e. The van der Waals surface area contributed by atoms with Crippen molar-refractivity contribution >= 4 is 38.5 Å². The van der Waals surface area contributed by atoms with E-state index in [1.54, 1.807) is 0 Å². The summed E-state index contributed by atoms with van der Waals surface area (Å²) in [5.41, 5.74) is 2.65. The zero-order valence-corrected chi connectivity index (χ0v) is 12.2. The highest BCUT2D eigenvalue weighted by Gasteiger charge is 2.13. The number of fused-ring (bicyclic) bond motifs is 1. The first kappa shape index (κ1) is 12.2. The Labute approximate surface area is 119 Å². The number of hydrogen-bond donors (Lipinski definition) is 1. The summed E-state index contributed by atoms with van der Waals surface area (Å²) in [5, 5.41) is 4.23. The summed E-state index contributed by atoms with van der Waals surface area (Å²) in [7, 11) is 0. The highest BCUT2D eigenvalue weighted by molar-refractivity contribution is 9.10. The number of furan rings is 1. The van der Waals surface area contributed by atoms with E-state index >= 15 is 0 Å². The van der Waals surface area contributed by atoms with E-state index in [2.05, 4.69) is 31.2 Å². The van der Waals surface area contributed by atoms with E-state index in [-0.39, 0.29) is 0 Å². The normalized spacial score (nSPS) is 10.9. The lowest BCUT2D eigenvalue weighted by Crippen LogP contribution is -1.95. The van der Waals surface area contributed by atoms with E-state index in [0.717, 1.165) is 32.7 Å². The molecule has 19 heavy (non-hydrogen) atoms. The van der Waals surface area contributed by atoms with Gasteiger partial charge in [0.1, 0.15) is 17.9 Å². The summed E-state index contributed by atoms with van der Waals surface area (Å²) < 4.78 is 6.64. The number of halogens is 1. The van der Waals surface area contributed by atoms with Crippen molar-refractivity contribution in [3.8, 4) is 0 Å². The third kappa shape index (κ3) is 2.21. The number of anilines is 2. The third-order valence-corrected chi connectivity index (χ3v) is 3.60. The lowest BCUT2D eigenvalue weighted by Gasteiger charge is -2.06. The molecule has 0 saturated carbocycles. The molecule has 0 aliphatic rings. The fourth-order valence-corrected chi connectivity index (χ4v) is 2.21. The standard InChI is InChI=1S/C14H12BrN3O/c1-8-9(2)19-14-12(8)13(16-7-17-14)18-11-5-3-10(15)4-6-11/h3-7H,1-2H3,(H,16,17,18). The molecule has 0 aliphatic heterocycles. The van der Waals surface area contributed by atoms with Crippen LogP contribution in [0.1, 0.15) is 11.3 Å². The largest absolute Gasteiger partial charge is 0.443 e. The maximum Gasteiger partial charge on any atom is 0.231 e. The molecule has 0 unspecified atom stereocenters. The molecule has 4 nitrogen and oxygen atoms in total. The zero-order chi connectivity index (χ0) is 13.4. The van der Waals surface area contributed by atoms with E-state index in [4.69, 9.17) is 4.42 Å². The number of rotatable bonds is 2. The van der Waals surface area contributed by atoms with Gasteiger partial charge in [0.05, 0.1) is 5.39 Å². The van der Waals surface area contributed by atoms with E-state index in [1.165, 1.54) is 6.33 Å². The summed E-state index contributed by atoms with van der Waals surface area (Å²) >= 11 is 3.42. The van der Waals surface area contributed by atoms with Gasteiger partial charge in [-0.15, -0.1) is 0 Å². The van der Waals surface area contributed by atoms with Crippen molar-refractivity contribution in [3.05, 3.63) is 46.4 Å². The van der Waals surface area contributed by atoms with Gasteiger partial charge in [0.15, 0.2) is 0 Å². The third-order valence-electron chi connectivity index (χ3n) is 3.07. The molecule has 3 aromatic rings. The fraction of sp³-hybridized carbons (Fsp3) is 0.143. The lowest BCUT2D eigenvalue weighted by atomic mass is 10.2. The first-order valence-electron chi connectivity index (χ1n) is 5.88. The topological polar surface area (TPSA) is 51.0 Å². The van der Waals surface area contributed by atoms with Crippen molar-refractivity contribution in [1.29, 1.82) is 0 Å². The van der Waals surface area contributed by atoms with Gasteiger partial charge in [0, 0.05) is 15.7 Å². The minimum absolute atomic E-state index is 0.615. The molecule has 3 rings (SSSR count). The predicted molar refractivity (Wildman–Crippen MR) is 78.7 cm³/mol. The van der Waals surface area contributed by atoms with Crippen molar-refractivity contribution in [1.82, 2.24) is 9.97 Å². The highest BCUT2D eigenvalue weighted by Crippen LogP contribution is 2.30. The Kier molecular flexibility index (Phi) is 2.98. The molecule has 0 bridgehead atoms. The van der Waals surface area contributed by atoms with Crippen molar-refractivity contribution in [3.63, 3.8) is 0 Å². The maximum absolute atomic E-state index is 5.60. The van der Waals surface area contributed by atoms with Crippen molar-refractivity contribution in [2.24, 2.45) is 0 Å². The Balaban J connectivity index is 2.07. The molecule has 96 valence electrons. The van der Waals surface area contributed by atoms with Gasteiger partial charge in [-0.05, 0) is 38.1 Å². The van der Waals surface area contributed by atoms with Gasteiger partial charge in [-0.25, -0.2) is 9.97 Å². The van der Waals surface area contributed by atoms with Crippen LogP contribution in [0.3, 0.4) is 0 Å². The molecule has 2 aromatic heterocycles. The van der Waals surface area contributed by atoms with Crippen LogP contribution in [-0.2, 0) is 0 Å². The van der Waals surface area contributed by atoms with Crippen molar-refractivity contribution in [2.75, 3.05) is 5.32 Å². The van der Waals surface area contributed by atoms with Gasteiger partial charge < -0.3 is 9.73 Å². The quantitative estimate of drug-likeness (QED) is 0.763. The van der Waals surface area contributed by atoms with Crippen LogP contribution < -0.4 is 5.32 Å². The molecule has 1 N–H and O–H groups in total. The molecule has 0 saturated heterocycles. The van der Waals surface area contributed by atoms with E-state index in [9.17, 15) is 0 Å². The van der Waals surface area contributed by atoms with Gasteiger partial charge >= 0.3 is 0 Å². The molecule has 0 radical (unpaired) electrons. The van der Waals surface area contributed by atoms with Crippen molar-refractivity contribution in [2.45, 2.75) is 13.8 Å². The number of aromatic nitrogens is 2. The van der Waals surface area contributed by atoms with Crippen molar-refractivity contribution < 1.29 is 4.42 Å². The van der Waals surface area contributed by atoms with Gasteiger partial charge in [-0.3, -0.25) is 0 Å². The van der Waals surface area contributed by atoms with Crippen LogP contribution in [0.25, 0.3) is 11.1 Å². The number of aryl methyl sites for hydroxylation is 2. The molecule has 1 aromatic carbocycles. The maximum atomic E-state index is 5.60. The van der Waals surface area contributed by atoms with E-state index in [1.807, 2.05) is 38.1 Å². The second-order valence-electron chi connectivity index (χ2n) is 4.32. The Morgan fingerprint density at radius 1 is 1.11 bits per heavy atom. The lowest BCUT2D eigenvalue weighted by molar-refractivity contribution is 0.564. The molecule has 0 amide bonds. The van der Waals surface area contributed by atoms with E-state index in [0.29, 0.717) is 5.71 Å². The summed E-state index contributed by atoms with van der Waals surface area (Å²) in [5.74, 6) is 1.64. The molecule has 0 atom stereocenters. The molecule has 0 spiro atoms. The van der Waals surface area contributed by atoms with Gasteiger partial charge in [0.25, 0.3) is 0 Å². The highest BCUT2D eigenvalue weighted by atomic mass is 79.9. The fourth-order valence-electron chi connectivity index (χ4n) is 1.95. The first-order chi connectivity index (χ1) is 9.15. The van der Waals surface area contributed by atoms with Gasteiger partial charge in [0.2, 0.25) is 5.71 Å². The van der Waals surface area contributed by atoms with Gasteiger partial charge in [-0.1, -0.05) is 15.9 Å². The van der Waals surface area contributed by atoms with Crippen LogP contribution in [0, 0.1) is 13.8 Å². The van der Waals surface area contributed by atoms with Gasteiger partial charge in [-0.2, -0.15) is 0 Å². The summed E-state index contributed by atoms with van der Waals surface area (Å²) in [4.78, 5) is 8.46. The molecule has 0 fully saturated rings. The molecule has 2 heterocycles. The first-order valence-corrected chi connectivity index (χ1v) is 6.68. The summed E-state index contributed by atoms with van der Waals surface area (Å²) in [6, 6.07) is 7.93. The van der Waals surface area contributed by atoms with Crippen LogP contribution in [0.5, 0.6) is 0 Å². The Morgan fingerprint density at radius 2 is 1.84 bits per heavy atom. The Bertz CT molecular complexity index is 734. The van der Waals surface area contributed by atoms with Crippen LogP contribution in [0.15, 0.2) is 39.5 Å². The monoisotopic (exact) mass is 317 g/mol. The summed E-state index contributed by atoms with van der Waals surface area (Å²) in [6.07, 6.45) is 1.51. The number of benzene rings is 1. The SMILES string of the molecule is Cc1oc2ncnc(Nc3ccc(Br)cc3)c2c1C. The average molecular weight is 318 g/mol. The number of hydrogen-bond acceptors (Lipinski definition) is 4. The molecule has 5 heteroatoms. The number of nitrogens with zero attached hydrogens (tertiary/aromatic N) is 2. The van der Waals surface area contributed by atoms with E-state index < -0.39 is 0 Å². The Hall–Kier alpha value is -1.88. The summed E-state index contributed by atoms with van der Waals surface area (Å²) in [6.45, 7) is 3.94. The number of nitrogens with one attached hydrogen (secondary N) is 1. The molecule has 0 aliphatic carbocycles. The van der Waals surface area contributed by atoms with Crippen LogP contribution >= 0.6 is 15.9 Å². The van der Waals surface area contributed by atoms with Crippen LogP contribution in [0.2, 0.25) is 0 Å². The average Bonchev–Trinajstić information content (AvgIpc) is 2.69. The molecular weight excluding hydrogens is 306 g/mol. The Morgan fingerprint density at radius 3 is 2.58 bits per heavy atom. The van der Waals surface area contributed by atoms with Crippen LogP contribution in [0.4, 0.5) is 11.5 Å². The second-order valence-corrected chi connectivity index (χ2v) is 5.23. The molecular formula is C14H12BrN3O. The minimum atomic E-state index is 0.615. The minimum Gasteiger partial charge on any atom is -0.443 e. The van der Waals surface area contributed by atoms with Crippen LogP contribution in [-0.4, -0.2) is 9.97 Å².